The van der Waals surface area contributed by atoms with Crippen molar-refractivity contribution in [2.45, 2.75) is 19.4 Å². The summed E-state index contributed by atoms with van der Waals surface area (Å²) in [5.74, 6) is 0.0797. The largest absolute Gasteiger partial charge is 0.354 e. The molecular weight excluding hydrogens is 254 g/mol. The number of rotatable bonds is 2. The van der Waals surface area contributed by atoms with Gasteiger partial charge in [-0.15, -0.1) is 0 Å². The fraction of sp³-hybridized carbons (Fsp3) is 0.467. The van der Waals surface area contributed by atoms with E-state index in [4.69, 9.17) is 0 Å². The molecule has 20 heavy (non-hydrogen) atoms. The number of nitrogens with one attached hydrogen (secondary N) is 1. The van der Waals surface area contributed by atoms with E-state index in [1.54, 1.807) is 0 Å². The molecule has 1 aromatic carbocycles. The standard InChI is InChI=1S/C15H19N3O2/c1-11-8-12-4-2-3-5-13(12)18(11)15(20)10-17-7-6-16-14(19)9-17/h2-5,11H,6-10H2,1H3,(H,16,19)/t11-/m1/s1. The van der Waals surface area contributed by atoms with Crippen LogP contribution in [0.25, 0.3) is 0 Å². The Balaban J connectivity index is 1.72. The Hall–Kier alpha value is -1.88. The molecule has 5 heteroatoms. The molecule has 0 bridgehead atoms. The Morgan fingerprint density at radius 2 is 2.20 bits per heavy atom. The molecule has 1 aromatic rings. The normalized spacial score (nSPS) is 22.6. The molecule has 0 aliphatic carbocycles. The van der Waals surface area contributed by atoms with Gasteiger partial charge in [-0.05, 0) is 25.0 Å². The van der Waals surface area contributed by atoms with Crippen molar-refractivity contribution in [3.05, 3.63) is 29.8 Å². The second kappa shape index (κ2) is 5.25. The summed E-state index contributed by atoms with van der Waals surface area (Å²) in [6.45, 7) is 4.06. The highest BCUT2D eigenvalue weighted by Gasteiger charge is 2.31. The maximum Gasteiger partial charge on any atom is 0.241 e. The lowest BCUT2D eigenvalue weighted by atomic mass is 10.1. The van der Waals surface area contributed by atoms with Crippen LogP contribution in [0.5, 0.6) is 0 Å². The second-order valence-electron chi connectivity index (χ2n) is 5.51. The summed E-state index contributed by atoms with van der Waals surface area (Å²) in [4.78, 5) is 27.7. The Morgan fingerprint density at radius 3 is 3.00 bits per heavy atom. The zero-order chi connectivity index (χ0) is 14.1. The zero-order valence-corrected chi connectivity index (χ0v) is 11.6. The van der Waals surface area contributed by atoms with Crippen LogP contribution in [0.15, 0.2) is 24.3 Å². The Morgan fingerprint density at radius 1 is 1.40 bits per heavy atom. The number of hydrogen-bond acceptors (Lipinski definition) is 3. The third kappa shape index (κ3) is 2.41. The first-order valence-corrected chi connectivity index (χ1v) is 7.04. The summed E-state index contributed by atoms with van der Waals surface area (Å²) < 4.78 is 0. The van der Waals surface area contributed by atoms with Crippen LogP contribution in [0, 0.1) is 0 Å². The minimum absolute atomic E-state index is 0.000999. The van der Waals surface area contributed by atoms with Gasteiger partial charge in [0.25, 0.3) is 0 Å². The van der Waals surface area contributed by atoms with Crippen LogP contribution in [0.2, 0.25) is 0 Å². The first-order chi connectivity index (χ1) is 9.65. The average Bonchev–Trinajstić information content (AvgIpc) is 2.74. The van der Waals surface area contributed by atoms with E-state index < -0.39 is 0 Å². The maximum absolute atomic E-state index is 12.5. The molecule has 2 aliphatic rings. The van der Waals surface area contributed by atoms with E-state index in [2.05, 4.69) is 18.3 Å². The molecule has 0 unspecified atom stereocenters. The number of carbonyl (C=O) groups excluding carboxylic acids is 2. The highest BCUT2D eigenvalue weighted by molar-refractivity contribution is 5.97. The van der Waals surface area contributed by atoms with E-state index in [1.165, 1.54) is 5.56 Å². The molecule has 3 rings (SSSR count). The molecule has 1 atom stereocenters. The number of anilines is 1. The summed E-state index contributed by atoms with van der Waals surface area (Å²) in [7, 11) is 0. The number of piperazine rings is 1. The fourth-order valence-corrected chi connectivity index (χ4v) is 3.04. The van der Waals surface area contributed by atoms with Crippen molar-refractivity contribution in [1.82, 2.24) is 10.2 Å². The van der Waals surface area contributed by atoms with Crippen molar-refractivity contribution in [2.75, 3.05) is 31.1 Å². The topological polar surface area (TPSA) is 52.7 Å². The maximum atomic E-state index is 12.5. The molecule has 5 nitrogen and oxygen atoms in total. The van der Waals surface area contributed by atoms with Crippen molar-refractivity contribution >= 4 is 17.5 Å². The van der Waals surface area contributed by atoms with Crippen LogP contribution in [0.1, 0.15) is 12.5 Å². The Bertz CT molecular complexity index is 544. The first-order valence-electron chi connectivity index (χ1n) is 7.04. The average molecular weight is 273 g/mol. The van der Waals surface area contributed by atoms with Crippen LogP contribution in [-0.4, -0.2) is 48.9 Å². The number of nitrogens with zero attached hydrogens (tertiary/aromatic N) is 2. The predicted octanol–water partition coefficient (Wildman–Crippen LogP) is 0.396. The number of amides is 2. The Labute approximate surface area is 118 Å². The van der Waals surface area contributed by atoms with Gasteiger partial charge in [0.15, 0.2) is 0 Å². The summed E-state index contributed by atoms with van der Waals surface area (Å²) in [5.41, 5.74) is 2.25. The van der Waals surface area contributed by atoms with Crippen molar-refractivity contribution in [1.29, 1.82) is 0 Å². The number of fused-ring (bicyclic) bond motifs is 1. The predicted molar refractivity (Wildman–Crippen MR) is 76.5 cm³/mol. The van der Waals surface area contributed by atoms with Crippen LogP contribution in [0.3, 0.4) is 0 Å². The molecule has 0 aromatic heterocycles. The van der Waals surface area contributed by atoms with Crippen molar-refractivity contribution < 1.29 is 9.59 Å². The Kier molecular flexibility index (Phi) is 3.44. The van der Waals surface area contributed by atoms with Crippen molar-refractivity contribution in [2.24, 2.45) is 0 Å². The molecule has 0 radical (unpaired) electrons. The van der Waals surface area contributed by atoms with Crippen LogP contribution in [0.4, 0.5) is 5.69 Å². The highest BCUT2D eigenvalue weighted by Crippen LogP contribution is 2.31. The van der Waals surface area contributed by atoms with E-state index in [9.17, 15) is 9.59 Å². The van der Waals surface area contributed by atoms with Crippen molar-refractivity contribution in [3.63, 3.8) is 0 Å². The number of carbonyl (C=O) groups is 2. The minimum atomic E-state index is -0.000999. The molecule has 1 fully saturated rings. The fourth-order valence-electron chi connectivity index (χ4n) is 3.04. The molecule has 1 N–H and O–H groups in total. The minimum Gasteiger partial charge on any atom is -0.354 e. The summed E-state index contributed by atoms with van der Waals surface area (Å²) >= 11 is 0. The summed E-state index contributed by atoms with van der Waals surface area (Å²) in [6.07, 6.45) is 0.905. The van der Waals surface area contributed by atoms with E-state index in [0.29, 0.717) is 19.6 Å². The monoisotopic (exact) mass is 273 g/mol. The zero-order valence-electron chi connectivity index (χ0n) is 11.6. The van der Waals surface area contributed by atoms with Gasteiger partial charge in [-0.3, -0.25) is 14.5 Å². The van der Waals surface area contributed by atoms with Gasteiger partial charge >= 0.3 is 0 Å². The summed E-state index contributed by atoms with van der Waals surface area (Å²) in [6, 6.07) is 8.24. The third-order valence-corrected chi connectivity index (χ3v) is 3.95. The van der Waals surface area contributed by atoms with Crippen molar-refractivity contribution in [3.8, 4) is 0 Å². The van der Waals surface area contributed by atoms with E-state index in [0.717, 1.165) is 18.7 Å². The SMILES string of the molecule is C[C@@H]1Cc2ccccc2N1C(=O)CN1CCNC(=O)C1. The lowest BCUT2D eigenvalue weighted by molar-refractivity contribution is -0.126. The molecule has 2 amide bonds. The third-order valence-electron chi connectivity index (χ3n) is 3.95. The van der Waals surface area contributed by atoms with Crippen LogP contribution >= 0.6 is 0 Å². The quantitative estimate of drug-likeness (QED) is 0.848. The number of para-hydroxylation sites is 1. The van der Waals surface area contributed by atoms with Gasteiger partial charge < -0.3 is 10.2 Å². The van der Waals surface area contributed by atoms with Gasteiger partial charge in [-0.1, -0.05) is 18.2 Å². The van der Waals surface area contributed by atoms with Crippen LogP contribution < -0.4 is 10.2 Å². The molecule has 2 aliphatic heterocycles. The molecule has 1 saturated heterocycles. The number of hydrogen-bond donors (Lipinski definition) is 1. The smallest absolute Gasteiger partial charge is 0.241 e. The van der Waals surface area contributed by atoms with E-state index >= 15 is 0 Å². The molecule has 0 spiro atoms. The second-order valence-corrected chi connectivity index (χ2v) is 5.51. The van der Waals surface area contributed by atoms with Gasteiger partial charge in [0, 0.05) is 24.8 Å². The highest BCUT2D eigenvalue weighted by atomic mass is 16.2. The number of benzene rings is 1. The van der Waals surface area contributed by atoms with E-state index in [-0.39, 0.29) is 17.9 Å². The first kappa shape index (κ1) is 13.1. The van der Waals surface area contributed by atoms with Gasteiger partial charge in [0.2, 0.25) is 11.8 Å². The molecule has 0 saturated carbocycles. The lowest BCUT2D eigenvalue weighted by Gasteiger charge is -2.29. The lowest BCUT2D eigenvalue weighted by Crippen LogP contribution is -2.51. The van der Waals surface area contributed by atoms with Crippen LogP contribution in [-0.2, 0) is 16.0 Å². The molecule has 2 heterocycles. The van der Waals surface area contributed by atoms with Gasteiger partial charge in [0.1, 0.15) is 0 Å². The molecular formula is C15H19N3O2. The van der Waals surface area contributed by atoms with Gasteiger partial charge in [-0.2, -0.15) is 0 Å². The van der Waals surface area contributed by atoms with Gasteiger partial charge in [0.05, 0.1) is 13.1 Å². The molecule has 106 valence electrons. The van der Waals surface area contributed by atoms with Gasteiger partial charge in [-0.25, -0.2) is 0 Å². The summed E-state index contributed by atoms with van der Waals surface area (Å²) in [5, 5.41) is 2.77. The van der Waals surface area contributed by atoms with E-state index in [1.807, 2.05) is 28.0 Å².